The molecular formula is C19H34O12. The second-order valence-corrected chi connectivity index (χ2v) is 9.06. The van der Waals surface area contributed by atoms with Crippen LogP contribution in [0.1, 0.15) is 27.2 Å². The van der Waals surface area contributed by atoms with Crippen molar-refractivity contribution in [3.05, 3.63) is 0 Å². The second kappa shape index (κ2) is 9.05. The Morgan fingerprint density at radius 2 is 1.68 bits per heavy atom. The van der Waals surface area contributed by atoms with Crippen molar-refractivity contribution in [1.82, 2.24) is 0 Å². The van der Waals surface area contributed by atoms with E-state index in [1.165, 1.54) is 0 Å². The summed E-state index contributed by atoms with van der Waals surface area (Å²) in [6.07, 6.45) is -9.73. The molecule has 0 saturated carbocycles. The van der Waals surface area contributed by atoms with Crippen LogP contribution < -0.4 is 0 Å². The molecule has 10 atom stereocenters. The molecule has 3 heterocycles. The van der Waals surface area contributed by atoms with Crippen LogP contribution in [-0.4, -0.2) is 128 Å². The average molecular weight is 454 g/mol. The molecule has 0 aromatic rings. The summed E-state index contributed by atoms with van der Waals surface area (Å²) in [5.74, 6) is 0. The van der Waals surface area contributed by atoms with Gasteiger partial charge in [0.2, 0.25) is 0 Å². The fourth-order valence-corrected chi connectivity index (χ4v) is 4.13. The maximum atomic E-state index is 10.3. The zero-order chi connectivity index (χ0) is 23.2. The van der Waals surface area contributed by atoms with Crippen molar-refractivity contribution < 1.29 is 59.4 Å². The second-order valence-electron chi connectivity index (χ2n) is 9.06. The molecule has 0 amide bonds. The van der Waals surface area contributed by atoms with Gasteiger partial charge in [0.25, 0.3) is 0 Å². The van der Waals surface area contributed by atoms with Crippen LogP contribution in [0.4, 0.5) is 0 Å². The summed E-state index contributed by atoms with van der Waals surface area (Å²) in [7, 11) is 0. The lowest BCUT2D eigenvalue weighted by atomic mass is 9.85. The Kier molecular flexibility index (Phi) is 7.34. The summed E-state index contributed by atoms with van der Waals surface area (Å²) in [4.78, 5) is 0. The van der Waals surface area contributed by atoms with E-state index >= 15 is 0 Å². The molecule has 3 aliphatic heterocycles. The van der Waals surface area contributed by atoms with E-state index in [9.17, 15) is 30.6 Å². The van der Waals surface area contributed by atoms with Crippen LogP contribution in [0.25, 0.3) is 0 Å². The molecule has 0 aliphatic carbocycles. The maximum Gasteiger partial charge on any atom is 0.186 e. The Bertz CT molecular complexity index is 613. The third kappa shape index (κ3) is 4.76. The molecule has 182 valence electrons. The van der Waals surface area contributed by atoms with Crippen molar-refractivity contribution in [3.63, 3.8) is 0 Å². The fourth-order valence-electron chi connectivity index (χ4n) is 4.13. The molecule has 7 N–H and O–H groups in total. The van der Waals surface area contributed by atoms with Gasteiger partial charge in [-0.25, -0.2) is 0 Å². The highest BCUT2D eigenvalue weighted by Gasteiger charge is 2.62. The zero-order valence-corrected chi connectivity index (χ0v) is 17.8. The van der Waals surface area contributed by atoms with Crippen LogP contribution in [-0.2, 0) is 23.7 Å². The molecule has 12 nitrogen and oxygen atoms in total. The van der Waals surface area contributed by atoms with Crippen molar-refractivity contribution in [2.75, 3.05) is 26.4 Å². The highest BCUT2D eigenvalue weighted by Crippen LogP contribution is 2.48. The van der Waals surface area contributed by atoms with Crippen molar-refractivity contribution in [1.29, 1.82) is 0 Å². The summed E-state index contributed by atoms with van der Waals surface area (Å²) < 4.78 is 27.1. The molecular weight excluding hydrogens is 420 g/mol. The number of hydrogen-bond donors (Lipinski definition) is 7. The van der Waals surface area contributed by atoms with Gasteiger partial charge in [0.15, 0.2) is 12.6 Å². The van der Waals surface area contributed by atoms with Crippen LogP contribution in [0.3, 0.4) is 0 Å². The lowest BCUT2D eigenvalue weighted by molar-refractivity contribution is -0.310. The van der Waals surface area contributed by atoms with Gasteiger partial charge >= 0.3 is 0 Å². The Morgan fingerprint density at radius 1 is 1.03 bits per heavy atom. The van der Waals surface area contributed by atoms with Crippen LogP contribution in [0.2, 0.25) is 0 Å². The Hall–Kier alpha value is -0.480. The number of epoxide rings is 1. The van der Waals surface area contributed by atoms with Gasteiger partial charge in [-0.3, -0.25) is 0 Å². The minimum atomic E-state index is -1.86. The van der Waals surface area contributed by atoms with Gasteiger partial charge in [-0.05, 0) is 20.8 Å². The lowest BCUT2D eigenvalue weighted by Gasteiger charge is -2.40. The minimum Gasteiger partial charge on any atom is -0.393 e. The average Bonchev–Trinajstić information content (AvgIpc) is 3.30. The normalized spacial score (nSPS) is 48.2. The number of aliphatic hydroxyl groups is 7. The summed E-state index contributed by atoms with van der Waals surface area (Å²) in [6, 6.07) is 0. The molecule has 31 heavy (non-hydrogen) atoms. The van der Waals surface area contributed by atoms with Gasteiger partial charge < -0.3 is 59.4 Å². The van der Waals surface area contributed by atoms with Gasteiger partial charge in [0, 0.05) is 6.42 Å². The first kappa shape index (κ1) is 25.1. The van der Waals surface area contributed by atoms with E-state index in [2.05, 4.69) is 0 Å². The third-order valence-electron chi connectivity index (χ3n) is 6.45. The van der Waals surface area contributed by atoms with Gasteiger partial charge in [-0.2, -0.15) is 0 Å². The molecule has 12 heteroatoms. The molecule has 3 fully saturated rings. The van der Waals surface area contributed by atoms with E-state index in [0.29, 0.717) is 6.42 Å². The number of ether oxygens (including phenoxy) is 5. The monoisotopic (exact) mass is 454 g/mol. The topological polar surface area (TPSA) is 191 Å². The number of hydrogen-bond acceptors (Lipinski definition) is 12. The van der Waals surface area contributed by atoms with Crippen molar-refractivity contribution in [2.24, 2.45) is 0 Å². The highest BCUT2D eigenvalue weighted by atomic mass is 16.7. The lowest BCUT2D eigenvalue weighted by Crippen LogP contribution is -2.59. The first-order chi connectivity index (χ1) is 14.4. The van der Waals surface area contributed by atoms with E-state index in [1.54, 1.807) is 13.8 Å². The van der Waals surface area contributed by atoms with Gasteiger partial charge in [-0.1, -0.05) is 0 Å². The molecule has 3 saturated heterocycles. The quantitative estimate of drug-likeness (QED) is 0.171. The smallest absolute Gasteiger partial charge is 0.186 e. The molecule has 3 aliphatic rings. The van der Waals surface area contributed by atoms with Crippen LogP contribution in [0.5, 0.6) is 0 Å². The Balaban J connectivity index is 1.53. The van der Waals surface area contributed by atoms with Crippen molar-refractivity contribution >= 4 is 0 Å². The molecule has 0 aromatic heterocycles. The van der Waals surface area contributed by atoms with E-state index < -0.39 is 66.5 Å². The maximum absolute atomic E-state index is 10.3. The van der Waals surface area contributed by atoms with Gasteiger partial charge in [0.1, 0.15) is 41.7 Å². The van der Waals surface area contributed by atoms with Crippen LogP contribution >= 0.6 is 0 Å². The molecule has 0 bridgehead atoms. The first-order valence-electron chi connectivity index (χ1n) is 10.3. The predicted octanol–water partition coefficient (Wildman–Crippen LogP) is -3.41. The standard InChI is InChI=1S/C19H34O12/c1-9-19(31-9,17(2,3)25)4-5-27-15-13(23)12(22)11(21)10(30-15)6-28-16-14(24)18(26,7-20)8-29-16/h9-16,20-26H,4-8H2,1-3H3. The molecule has 3 rings (SSSR count). The molecule has 0 radical (unpaired) electrons. The summed E-state index contributed by atoms with van der Waals surface area (Å²) in [5.41, 5.74) is -3.75. The van der Waals surface area contributed by atoms with E-state index in [4.69, 9.17) is 28.8 Å². The molecule has 0 spiro atoms. The van der Waals surface area contributed by atoms with E-state index in [0.717, 1.165) is 0 Å². The summed E-state index contributed by atoms with van der Waals surface area (Å²) in [6.45, 7) is 3.70. The molecule has 10 unspecified atom stereocenters. The van der Waals surface area contributed by atoms with Crippen molar-refractivity contribution in [3.8, 4) is 0 Å². The minimum absolute atomic E-state index is 0.0421. The SMILES string of the molecule is CC1OC1(CCOC1OC(COC2OCC(O)(CO)C2O)C(O)C(O)C1O)C(C)(C)O. The number of rotatable bonds is 9. The van der Waals surface area contributed by atoms with Crippen LogP contribution in [0.15, 0.2) is 0 Å². The highest BCUT2D eigenvalue weighted by molar-refractivity contribution is 5.10. The first-order valence-corrected chi connectivity index (χ1v) is 10.3. The largest absolute Gasteiger partial charge is 0.393 e. The van der Waals surface area contributed by atoms with E-state index in [1.807, 2.05) is 6.92 Å². The van der Waals surface area contributed by atoms with Gasteiger partial charge in [-0.15, -0.1) is 0 Å². The third-order valence-corrected chi connectivity index (χ3v) is 6.45. The summed E-state index contributed by atoms with van der Waals surface area (Å²) in [5, 5.41) is 70.1. The zero-order valence-electron chi connectivity index (χ0n) is 17.8. The van der Waals surface area contributed by atoms with Crippen LogP contribution in [0, 0.1) is 0 Å². The molecule has 0 aromatic carbocycles. The Labute approximate surface area is 179 Å². The van der Waals surface area contributed by atoms with Crippen molar-refractivity contribution in [2.45, 2.75) is 93.2 Å². The summed E-state index contributed by atoms with van der Waals surface area (Å²) >= 11 is 0. The van der Waals surface area contributed by atoms with Gasteiger partial charge in [0.05, 0.1) is 38.1 Å². The van der Waals surface area contributed by atoms with E-state index in [-0.39, 0.29) is 25.9 Å². The Morgan fingerprint density at radius 3 is 2.19 bits per heavy atom. The fraction of sp³-hybridized carbons (Fsp3) is 1.00. The number of aliphatic hydroxyl groups excluding tert-OH is 5. The predicted molar refractivity (Wildman–Crippen MR) is 101 cm³/mol.